The Balaban J connectivity index is 1.65. The number of aromatic nitrogens is 3. The molecule has 1 aliphatic heterocycles. The lowest BCUT2D eigenvalue weighted by Gasteiger charge is -2.22. The van der Waals surface area contributed by atoms with Crippen molar-refractivity contribution in [1.82, 2.24) is 14.8 Å². The lowest BCUT2D eigenvalue weighted by Crippen LogP contribution is -2.36. The molecule has 3 aromatic rings. The Labute approximate surface area is 160 Å². The molecule has 0 radical (unpaired) electrons. The standard InChI is InChI=1S/C19H16ClN5O2/c1-11-7-8-14(13(20)9-11)21-18(27)15-10-16(26)22-19-23-17(24-25(15)19)12-5-3-2-4-6-12/h2-9,15H,10H2,1H3,(H,21,27)(H,22,23,24,26)/t15-/m1/s1. The van der Waals surface area contributed by atoms with Crippen molar-refractivity contribution >= 4 is 35.1 Å². The molecule has 2 amide bonds. The molecule has 1 atom stereocenters. The van der Waals surface area contributed by atoms with Crippen molar-refractivity contribution in [3.8, 4) is 11.4 Å². The van der Waals surface area contributed by atoms with Gasteiger partial charge in [0.25, 0.3) is 0 Å². The fourth-order valence-corrected chi connectivity index (χ4v) is 3.20. The Bertz CT molecular complexity index is 1030. The number of anilines is 2. The molecule has 7 nitrogen and oxygen atoms in total. The van der Waals surface area contributed by atoms with E-state index in [1.165, 1.54) is 4.68 Å². The van der Waals surface area contributed by atoms with Crippen LogP contribution >= 0.6 is 11.6 Å². The summed E-state index contributed by atoms with van der Waals surface area (Å²) in [6, 6.07) is 13.9. The first-order chi connectivity index (χ1) is 13.0. The number of aryl methyl sites for hydroxylation is 1. The van der Waals surface area contributed by atoms with Gasteiger partial charge in [-0.3, -0.25) is 14.9 Å². The molecule has 2 aromatic carbocycles. The molecule has 1 aromatic heterocycles. The van der Waals surface area contributed by atoms with Crippen LogP contribution in [0.3, 0.4) is 0 Å². The predicted molar refractivity (Wildman–Crippen MR) is 103 cm³/mol. The minimum Gasteiger partial charge on any atom is -0.323 e. The van der Waals surface area contributed by atoms with Gasteiger partial charge in [-0.2, -0.15) is 4.98 Å². The Morgan fingerprint density at radius 1 is 1.26 bits per heavy atom. The van der Waals surface area contributed by atoms with Crippen molar-refractivity contribution in [1.29, 1.82) is 0 Å². The summed E-state index contributed by atoms with van der Waals surface area (Å²) in [6.07, 6.45) is -0.0279. The van der Waals surface area contributed by atoms with Gasteiger partial charge in [0.1, 0.15) is 6.04 Å². The second-order valence-corrected chi connectivity index (χ2v) is 6.72. The molecular formula is C19H16ClN5O2. The molecule has 2 heterocycles. The largest absolute Gasteiger partial charge is 0.323 e. The van der Waals surface area contributed by atoms with Crippen LogP contribution in [0.2, 0.25) is 5.02 Å². The van der Waals surface area contributed by atoms with Crippen LogP contribution in [0.4, 0.5) is 11.6 Å². The van der Waals surface area contributed by atoms with E-state index in [0.717, 1.165) is 11.1 Å². The van der Waals surface area contributed by atoms with Gasteiger partial charge in [-0.25, -0.2) is 4.68 Å². The summed E-state index contributed by atoms with van der Waals surface area (Å²) in [4.78, 5) is 29.2. The second-order valence-electron chi connectivity index (χ2n) is 6.31. The average Bonchev–Trinajstić information content (AvgIpc) is 3.08. The van der Waals surface area contributed by atoms with Crippen molar-refractivity contribution in [3.63, 3.8) is 0 Å². The monoisotopic (exact) mass is 381 g/mol. The lowest BCUT2D eigenvalue weighted by molar-refractivity contribution is -0.125. The summed E-state index contributed by atoms with van der Waals surface area (Å²) in [7, 11) is 0. The van der Waals surface area contributed by atoms with Crippen LogP contribution in [0.1, 0.15) is 18.0 Å². The summed E-state index contributed by atoms with van der Waals surface area (Å²) >= 11 is 6.20. The van der Waals surface area contributed by atoms with E-state index in [4.69, 9.17) is 11.6 Å². The number of hydrogen-bond acceptors (Lipinski definition) is 4. The van der Waals surface area contributed by atoms with Crippen molar-refractivity contribution in [2.75, 3.05) is 10.6 Å². The number of nitrogens with zero attached hydrogens (tertiary/aromatic N) is 3. The SMILES string of the molecule is Cc1ccc(NC(=O)[C@H]2CC(=O)Nc3nc(-c4ccccc4)nn32)c(Cl)c1. The number of hydrogen-bond donors (Lipinski definition) is 2. The summed E-state index contributed by atoms with van der Waals surface area (Å²) in [6.45, 7) is 1.91. The zero-order chi connectivity index (χ0) is 19.0. The zero-order valence-electron chi connectivity index (χ0n) is 14.4. The highest BCUT2D eigenvalue weighted by atomic mass is 35.5. The number of carbonyl (C=O) groups excluding carboxylic acids is 2. The maximum atomic E-state index is 12.8. The molecule has 0 saturated heterocycles. The molecular weight excluding hydrogens is 366 g/mol. The Morgan fingerprint density at radius 3 is 2.78 bits per heavy atom. The van der Waals surface area contributed by atoms with Gasteiger partial charge in [-0.05, 0) is 24.6 Å². The highest BCUT2D eigenvalue weighted by Crippen LogP contribution is 2.29. The number of nitrogens with one attached hydrogen (secondary N) is 2. The van der Waals surface area contributed by atoms with Crippen molar-refractivity contribution in [2.45, 2.75) is 19.4 Å². The minimum atomic E-state index is -0.809. The molecule has 136 valence electrons. The Hall–Kier alpha value is -3.19. The number of rotatable bonds is 3. The first-order valence-electron chi connectivity index (χ1n) is 8.40. The highest BCUT2D eigenvalue weighted by Gasteiger charge is 2.33. The fraction of sp³-hybridized carbons (Fsp3) is 0.158. The zero-order valence-corrected chi connectivity index (χ0v) is 15.2. The lowest BCUT2D eigenvalue weighted by atomic mass is 10.1. The summed E-state index contributed by atoms with van der Waals surface area (Å²) in [5.41, 5.74) is 2.28. The maximum absolute atomic E-state index is 12.8. The predicted octanol–water partition coefficient (Wildman–Crippen LogP) is 3.43. The van der Waals surface area contributed by atoms with E-state index in [-0.39, 0.29) is 24.2 Å². The summed E-state index contributed by atoms with van der Waals surface area (Å²) in [5, 5.41) is 10.3. The van der Waals surface area contributed by atoms with Gasteiger partial charge in [0.15, 0.2) is 5.82 Å². The highest BCUT2D eigenvalue weighted by molar-refractivity contribution is 6.33. The summed E-state index contributed by atoms with van der Waals surface area (Å²) in [5.74, 6) is 0.0326. The normalized spacial score (nSPS) is 15.8. The third-order valence-electron chi connectivity index (χ3n) is 4.27. The van der Waals surface area contributed by atoms with Crippen LogP contribution in [0.25, 0.3) is 11.4 Å². The van der Waals surface area contributed by atoms with Crippen LogP contribution in [0.15, 0.2) is 48.5 Å². The molecule has 2 N–H and O–H groups in total. The van der Waals surface area contributed by atoms with Gasteiger partial charge in [-0.1, -0.05) is 48.0 Å². The molecule has 0 aliphatic carbocycles. The molecule has 0 bridgehead atoms. The van der Waals surface area contributed by atoms with E-state index in [2.05, 4.69) is 20.7 Å². The number of carbonyl (C=O) groups is 2. The van der Waals surface area contributed by atoms with E-state index in [1.807, 2.05) is 43.3 Å². The first-order valence-corrected chi connectivity index (χ1v) is 8.78. The van der Waals surface area contributed by atoms with Crippen molar-refractivity contribution in [3.05, 3.63) is 59.1 Å². The third-order valence-corrected chi connectivity index (χ3v) is 4.59. The van der Waals surface area contributed by atoms with E-state index in [9.17, 15) is 9.59 Å². The van der Waals surface area contributed by atoms with Crippen molar-refractivity contribution in [2.24, 2.45) is 0 Å². The van der Waals surface area contributed by atoms with Gasteiger partial charge in [0.2, 0.25) is 17.8 Å². The second kappa shape index (κ2) is 6.85. The molecule has 0 spiro atoms. The molecule has 1 aliphatic rings. The van der Waals surface area contributed by atoms with E-state index in [1.54, 1.807) is 12.1 Å². The first kappa shape index (κ1) is 17.2. The molecule has 0 fully saturated rings. The van der Waals surface area contributed by atoms with Crippen molar-refractivity contribution < 1.29 is 9.59 Å². The quantitative estimate of drug-likeness (QED) is 0.727. The number of halogens is 1. The van der Waals surface area contributed by atoms with Gasteiger partial charge < -0.3 is 5.32 Å². The molecule has 27 heavy (non-hydrogen) atoms. The van der Waals surface area contributed by atoms with Gasteiger partial charge in [0.05, 0.1) is 17.1 Å². The van der Waals surface area contributed by atoms with E-state index in [0.29, 0.717) is 16.5 Å². The molecule has 0 saturated carbocycles. The van der Waals surface area contributed by atoms with E-state index < -0.39 is 6.04 Å². The Kier molecular flexibility index (Phi) is 4.37. The number of fused-ring (bicyclic) bond motifs is 1. The van der Waals surface area contributed by atoms with Crippen LogP contribution in [0, 0.1) is 6.92 Å². The van der Waals surface area contributed by atoms with E-state index >= 15 is 0 Å². The van der Waals surface area contributed by atoms with Crippen LogP contribution in [0.5, 0.6) is 0 Å². The molecule has 0 unspecified atom stereocenters. The number of benzene rings is 2. The van der Waals surface area contributed by atoms with Gasteiger partial charge in [0, 0.05) is 5.56 Å². The smallest absolute Gasteiger partial charge is 0.249 e. The van der Waals surface area contributed by atoms with Crippen LogP contribution in [-0.4, -0.2) is 26.6 Å². The fourth-order valence-electron chi connectivity index (χ4n) is 2.91. The molecule has 4 rings (SSSR count). The topological polar surface area (TPSA) is 88.9 Å². The van der Waals surface area contributed by atoms with Gasteiger partial charge >= 0.3 is 0 Å². The Morgan fingerprint density at radius 2 is 2.04 bits per heavy atom. The number of amides is 2. The summed E-state index contributed by atoms with van der Waals surface area (Å²) < 4.78 is 1.45. The van der Waals surface area contributed by atoms with Crippen LogP contribution < -0.4 is 10.6 Å². The maximum Gasteiger partial charge on any atom is 0.249 e. The third kappa shape index (κ3) is 3.41. The average molecular weight is 382 g/mol. The molecule has 8 heteroatoms. The van der Waals surface area contributed by atoms with Gasteiger partial charge in [-0.15, -0.1) is 5.10 Å². The minimum absolute atomic E-state index is 0.0279. The van der Waals surface area contributed by atoms with Crippen LogP contribution in [-0.2, 0) is 9.59 Å².